The average Bonchev–Trinajstić information content (AvgIpc) is 2.81. The molecule has 1 amide bonds. The third-order valence-corrected chi connectivity index (χ3v) is 2.44. The van der Waals surface area contributed by atoms with Crippen molar-refractivity contribution in [2.75, 3.05) is 19.6 Å². The molecular weight excluding hydrogens is 232 g/mol. The summed E-state index contributed by atoms with van der Waals surface area (Å²) in [5, 5.41) is 9.82. The Balaban J connectivity index is 2.21. The van der Waals surface area contributed by atoms with Crippen LogP contribution in [-0.4, -0.2) is 35.7 Å². The fourth-order valence-corrected chi connectivity index (χ4v) is 1.38. The van der Waals surface area contributed by atoms with Crippen LogP contribution >= 0.6 is 0 Å². The molecule has 1 rings (SSSR count). The van der Waals surface area contributed by atoms with Crippen LogP contribution in [0.1, 0.15) is 44.8 Å². The zero-order valence-electron chi connectivity index (χ0n) is 11.3. The molecule has 1 aromatic heterocycles. The van der Waals surface area contributed by atoms with E-state index in [1.165, 1.54) is 0 Å². The maximum absolute atomic E-state index is 11.5. The van der Waals surface area contributed by atoms with Gasteiger partial charge in [0.2, 0.25) is 11.8 Å². The minimum Gasteiger partial charge on any atom is -0.355 e. The summed E-state index contributed by atoms with van der Waals surface area (Å²) in [6.45, 7) is 8.39. The van der Waals surface area contributed by atoms with Crippen molar-refractivity contribution in [2.45, 2.75) is 39.5 Å². The highest BCUT2D eigenvalue weighted by molar-refractivity contribution is 5.75. The van der Waals surface area contributed by atoms with E-state index in [2.05, 4.69) is 20.8 Å². The van der Waals surface area contributed by atoms with Crippen molar-refractivity contribution in [3.8, 4) is 0 Å². The number of likely N-dealkylation sites (N-methyl/N-ethyl adjacent to an activating group) is 1. The number of aromatic nitrogens is 2. The summed E-state index contributed by atoms with van der Waals surface area (Å²) in [7, 11) is 0. The summed E-state index contributed by atoms with van der Waals surface area (Å²) in [6, 6.07) is 0. The van der Waals surface area contributed by atoms with Gasteiger partial charge in [-0.1, -0.05) is 25.9 Å². The van der Waals surface area contributed by atoms with Crippen LogP contribution < -0.4 is 10.6 Å². The molecule has 0 aliphatic heterocycles. The lowest BCUT2D eigenvalue weighted by Gasteiger charge is -2.04. The van der Waals surface area contributed by atoms with Crippen molar-refractivity contribution >= 4 is 5.91 Å². The van der Waals surface area contributed by atoms with E-state index < -0.39 is 0 Å². The second kappa shape index (κ2) is 7.81. The molecular formula is C12H22N4O2. The second-order valence-electron chi connectivity index (χ2n) is 4.40. The van der Waals surface area contributed by atoms with Gasteiger partial charge in [-0.2, -0.15) is 4.98 Å². The summed E-state index contributed by atoms with van der Waals surface area (Å²) in [6.07, 6.45) is 0.874. The Bertz CT molecular complexity index is 363. The van der Waals surface area contributed by atoms with Gasteiger partial charge in [-0.05, 0) is 6.54 Å². The van der Waals surface area contributed by atoms with Crippen LogP contribution in [0.2, 0.25) is 0 Å². The lowest BCUT2D eigenvalue weighted by molar-refractivity contribution is -0.121. The van der Waals surface area contributed by atoms with E-state index >= 15 is 0 Å². The van der Waals surface area contributed by atoms with Gasteiger partial charge in [-0.15, -0.1) is 0 Å². The molecule has 102 valence electrons. The SMILES string of the molecule is CCNCCNC(=O)CCc1nc(C(C)C)no1. The predicted molar refractivity (Wildman–Crippen MR) is 68.3 cm³/mol. The zero-order valence-corrected chi connectivity index (χ0v) is 11.3. The molecule has 0 radical (unpaired) electrons. The molecule has 1 aromatic rings. The number of carbonyl (C=O) groups is 1. The van der Waals surface area contributed by atoms with Crippen LogP contribution in [-0.2, 0) is 11.2 Å². The third-order valence-electron chi connectivity index (χ3n) is 2.44. The Morgan fingerprint density at radius 2 is 2.17 bits per heavy atom. The molecule has 6 heteroatoms. The van der Waals surface area contributed by atoms with E-state index in [0.29, 0.717) is 31.1 Å². The largest absolute Gasteiger partial charge is 0.355 e. The molecule has 0 aliphatic rings. The molecule has 0 aromatic carbocycles. The van der Waals surface area contributed by atoms with Crippen LogP contribution in [0.25, 0.3) is 0 Å². The van der Waals surface area contributed by atoms with E-state index in [9.17, 15) is 4.79 Å². The van der Waals surface area contributed by atoms with Gasteiger partial charge >= 0.3 is 0 Å². The predicted octanol–water partition coefficient (Wildman–Crippen LogP) is 0.851. The second-order valence-corrected chi connectivity index (χ2v) is 4.40. The van der Waals surface area contributed by atoms with Crippen LogP contribution in [0.4, 0.5) is 0 Å². The standard InChI is InChI=1S/C12H22N4O2/c1-4-13-7-8-14-10(17)5-6-11-15-12(9(2)3)16-18-11/h9,13H,4-8H2,1-3H3,(H,14,17). The van der Waals surface area contributed by atoms with Crippen molar-refractivity contribution in [2.24, 2.45) is 0 Å². The fourth-order valence-electron chi connectivity index (χ4n) is 1.38. The van der Waals surface area contributed by atoms with Gasteiger partial charge in [0.15, 0.2) is 5.82 Å². The van der Waals surface area contributed by atoms with Gasteiger partial charge in [0.05, 0.1) is 0 Å². The Morgan fingerprint density at radius 3 is 2.78 bits per heavy atom. The highest BCUT2D eigenvalue weighted by Crippen LogP contribution is 2.10. The number of nitrogens with zero attached hydrogens (tertiary/aromatic N) is 2. The molecule has 6 nitrogen and oxygen atoms in total. The zero-order chi connectivity index (χ0) is 13.4. The van der Waals surface area contributed by atoms with Crippen LogP contribution in [0, 0.1) is 0 Å². The Morgan fingerprint density at radius 1 is 1.39 bits per heavy atom. The number of hydrogen-bond donors (Lipinski definition) is 2. The minimum atomic E-state index is 0.0113. The molecule has 0 bridgehead atoms. The van der Waals surface area contributed by atoms with Gasteiger partial charge in [-0.25, -0.2) is 0 Å². The van der Waals surface area contributed by atoms with Crippen molar-refractivity contribution in [1.82, 2.24) is 20.8 Å². The van der Waals surface area contributed by atoms with E-state index in [0.717, 1.165) is 13.1 Å². The first-order valence-corrected chi connectivity index (χ1v) is 6.43. The van der Waals surface area contributed by atoms with Gasteiger partial charge in [-0.3, -0.25) is 4.79 Å². The first-order valence-electron chi connectivity index (χ1n) is 6.43. The Labute approximate surface area is 108 Å². The van der Waals surface area contributed by atoms with E-state index in [1.54, 1.807) is 0 Å². The van der Waals surface area contributed by atoms with Crippen molar-refractivity contribution in [1.29, 1.82) is 0 Å². The minimum absolute atomic E-state index is 0.0113. The van der Waals surface area contributed by atoms with Gasteiger partial charge in [0.1, 0.15) is 0 Å². The molecule has 0 unspecified atom stereocenters. The third kappa shape index (κ3) is 5.27. The topological polar surface area (TPSA) is 80.0 Å². The number of carbonyl (C=O) groups excluding carboxylic acids is 1. The average molecular weight is 254 g/mol. The van der Waals surface area contributed by atoms with E-state index in [-0.39, 0.29) is 11.8 Å². The van der Waals surface area contributed by atoms with Crippen LogP contribution in [0.3, 0.4) is 0 Å². The van der Waals surface area contributed by atoms with Crippen LogP contribution in [0.5, 0.6) is 0 Å². The maximum Gasteiger partial charge on any atom is 0.227 e. The Kier molecular flexibility index (Phi) is 6.35. The number of hydrogen-bond acceptors (Lipinski definition) is 5. The Hall–Kier alpha value is -1.43. The molecule has 0 saturated carbocycles. The fraction of sp³-hybridized carbons (Fsp3) is 0.750. The molecule has 0 atom stereocenters. The van der Waals surface area contributed by atoms with E-state index in [1.807, 2.05) is 20.8 Å². The highest BCUT2D eigenvalue weighted by atomic mass is 16.5. The number of nitrogens with one attached hydrogen (secondary N) is 2. The van der Waals surface area contributed by atoms with Crippen molar-refractivity contribution < 1.29 is 9.32 Å². The highest BCUT2D eigenvalue weighted by Gasteiger charge is 2.10. The molecule has 2 N–H and O–H groups in total. The summed E-state index contributed by atoms with van der Waals surface area (Å²) in [5.74, 6) is 1.48. The number of rotatable bonds is 8. The summed E-state index contributed by atoms with van der Waals surface area (Å²) in [4.78, 5) is 15.7. The summed E-state index contributed by atoms with van der Waals surface area (Å²) in [5.41, 5.74) is 0. The smallest absolute Gasteiger partial charge is 0.227 e. The molecule has 0 saturated heterocycles. The normalized spacial score (nSPS) is 10.9. The van der Waals surface area contributed by atoms with Crippen molar-refractivity contribution in [3.63, 3.8) is 0 Å². The van der Waals surface area contributed by atoms with Gasteiger partial charge in [0.25, 0.3) is 0 Å². The summed E-state index contributed by atoms with van der Waals surface area (Å²) >= 11 is 0. The number of aryl methyl sites for hydroxylation is 1. The maximum atomic E-state index is 11.5. The molecule has 0 aliphatic carbocycles. The first kappa shape index (κ1) is 14.6. The molecule has 1 heterocycles. The summed E-state index contributed by atoms with van der Waals surface area (Å²) < 4.78 is 5.07. The molecule has 0 spiro atoms. The first-order chi connectivity index (χ1) is 8.63. The lowest BCUT2D eigenvalue weighted by Crippen LogP contribution is -2.31. The molecule has 18 heavy (non-hydrogen) atoms. The van der Waals surface area contributed by atoms with E-state index in [4.69, 9.17) is 4.52 Å². The van der Waals surface area contributed by atoms with Crippen LogP contribution in [0.15, 0.2) is 4.52 Å². The lowest BCUT2D eigenvalue weighted by atomic mass is 10.2. The monoisotopic (exact) mass is 254 g/mol. The quantitative estimate of drug-likeness (QED) is 0.672. The number of amides is 1. The van der Waals surface area contributed by atoms with Gasteiger partial charge < -0.3 is 15.2 Å². The van der Waals surface area contributed by atoms with Crippen molar-refractivity contribution in [3.05, 3.63) is 11.7 Å². The molecule has 0 fully saturated rings. The van der Waals surface area contributed by atoms with Gasteiger partial charge in [0, 0.05) is 31.8 Å².